The van der Waals surface area contributed by atoms with Crippen molar-refractivity contribution < 1.29 is 19.1 Å². The van der Waals surface area contributed by atoms with Crippen molar-refractivity contribution in [1.82, 2.24) is 4.98 Å². The minimum atomic E-state index is -1.28. The molecule has 5 heteroatoms. The summed E-state index contributed by atoms with van der Waals surface area (Å²) >= 11 is 0. The second-order valence-electron chi connectivity index (χ2n) is 5.64. The normalized spacial score (nSPS) is 27.0. The zero-order valence-corrected chi connectivity index (χ0v) is 12.1. The van der Waals surface area contributed by atoms with E-state index in [1.54, 1.807) is 19.2 Å². The van der Waals surface area contributed by atoms with Crippen molar-refractivity contribution in [2.24, 2.45) is 5.92 Å². The van der Waals surface area contributed by atoms with Gasteiger partial charge in [0.15, 0.2) is 11.2 Å². The van der Waals surface area contributed by atoms with Gasteiger partial charge in [-0.25, -0.2) is 4.98 Å². The molecular weight excluding hydrogens is 270 g/mol. The maximum Gasteiger partial charge on any atom is 0.324 e. The lowest BCUT2D eigenvalue weighted by Gasteiger charge is -2.42. The molecule has 1 aromatic rings. The van der Waals surface area contributed by atoms with Crippen molar-refractivity contribution in [1.29, 1.82) is 0 Å². The molecule has 0 radical (unpaired) electrons. The van der Waals surface area contributed by atoms with E-state index in [4.69, 9.17) is 9.47 Å². The van der Waals surface area contributed by atoms with Gasteiger partial charge >= 0.3 is 5.97 Å². The number of esters is 1. The number of nitrogens with zero attached hydrogens (tertiary/aromatic N) is 1. The molecule has 0 aliphatic heterocycles. The Kier molecular flexibility index (Phi) is 3.08. The van der Waals surface area contributed by atoms with E-state index < -0.39 is 11.4 Å². The van der Waals surface area contributed by atoms with Crippen LogP contribution in [0.1, 0.15) is 24.1 Å². The molecule has 0 amide bonds. The number of carbonyl (C=O) groups excluding carboxylic acids is 2. The van der Waals surface area contributed by atoms with Crippen LogP contribution in [-0.2, 0) is 26.2 Å². The van der Waals surface area contributed by atoms with Gasteiger partial charge in [-0.05, 0) is 18.4 Å². The third-order valence-corrected chi connectivity index (χ3v) is 4.43. The first-order chi connectivity index (χ1) is 10.0. The van der Waals surface area contributed by atoms with E-state index in [2.05, 4.69) is 11.6 Å². The number of methoxy groups -OCH3 is 2. The Morgan fingerprint density at radius 2 is 2.14 bits per heavy atom. The van der Waals surface area contributed by atoms with Crippen molar-refractivity contribution in [3.63, 3.8) is 0 Å². The summed E-state index contributed by atoms with van der Waals surface area (Å²) in [5.41, 5.74) is 1.02. The maximum absolute atomic E-state index is 12.8. The van der Waals surface area contributed by atoms with Crippen LogP contribution in [0, 0.1) is 5.92 Å². The fourth-order valence-electron chi connectivity index (χ4n) is 3.55. The Hall–Kier alpha value is -2.17. The van der Waals surface area contributed by atoms with Gasteiger partial charge in [0.1, 0.15) is 0 Å². The molecular formula is C16H17NO4. The Morgan fingerprint density at radius 1 is 1.38 bits per heavy atom. The van der Waals surface area contributed by atoms with Gasteiger partial charge in [0.25, 0.3) is 0 Å². The number of carbonyl (C=O) groups is 2. The standard InChI is InChI=1S/C16H17NO4/c1-9-6-10-7-12-11(4-5-13(17-12)20-2)16(8-9,14(10)18)15(19)21-3/h4-5,10H,1,6-8H2,2-3H3/t10?,16-/m0/s1. The topological polar surface area (TPSA) is 65.5 Å². The summed E-state index contributed by atoms with van der Waals surface area (Å²) in [5.74, 6) is -0.357. The highest BCUT2D eigenvalue weighted by atomic mass is 16.5. The first-order valence-electron chi connectivity index (χ1n) is 6.86. The highest BCUT2D eigenvalue weighted by Crippen LogP contribution is 2.48. The van der Waals surface area contributed by atoms with Gasteiger partial charge in [0.2, 0.25) is 5.88 Å². The third-order valence-electron chi connectivity index (χ3n) is 4.43. The highest BCUT2D eigenvalue weighted by Gasteiger charge is 2.57. The molecule has 1 unspecified atom stereocenters. The Balaban J connectivity index is 2.24. The Bertz CT molecular complexity index is 652. The van der Waals surface area contributed by atoms with Gasteiger partial charge in [0.05, 0.1) is 14.2 Å². The minimum Gasteiger partial charge on any atom is -0.481 e. The van der Waals surface area contributed by atoms with E-state index >= 15 is 0 Å². The quantitative estimate of drug-likeness (QED) is 0.469. The molecule has 3 rings (SSSR count). The molecule has 2 aliphatic rings. The summed E-state index contributed by atoms with van der Waals surface area (Å²) < 4.78 is 10.1. The van der Waals surface area contributed by atoms with Crippen molar-refractivity contribution in [2.45, 2.75) is 24.7 Å². The van der Waals surface area contributed by atoms with Gasteiger partial charge in [-0.3, -0.25) is 9.59 Å². The van der Waals surface area contributed by atoms with Crippen LogP contribution in [-0.4, -0.2) is 31.0 Å². The molecule has 1 aromatic heterocycles. The lowest BCUT2D eigenvalue weighted by molar-refractivity contribution is -0.155. The molecule has 2 aliphatic carbocycles. The van der Waals surface area contributed by atoms with Gasteiger partial charge in [-0.1, -0.05) is 18.2 Å². The van der Waals surface area contributed by atoms with Crippen molar-refractivity contribution >= 4 is 11.8 Å². The number of ether oxygens (including phenoxy) is 2. The third kappa shape index (κ3) is 1.80. The predicted molar refractivity (Wildman–Crippen MR) is 75.1 cm³/mol. The van der Waals surface area contributed by atoms with Crippen molar-refractivity contribution in [2.75, 3.05) is 14.2 Å². The fourth-order valence-corrected chi connectivity index (χ4v) is 3.55. The fraction of sp³-hybridized carbons (Fsp3) is 0.438. The van der Waals surface area contributed by atoms with Crippen LogP contribution in [0.25, 0.3) is 0 Å². The number of allylic oxidation sites excluding steroid dienone is 1. The number of fused-ring (bicyclic) bond motifs is 4. The van der Waals surface area contributed by atoms with Gasteiger partial charge in [-0.2, -0.15) is 0 Å². The smallest absolute Gasteiger partial charge is 0.324 e. The van der Waals surface area contributed by atoms with Crippen LogP contribution in [0.15, 0.2) is 24.3 Å². The lowest BCUT2D eigenvalue weighted by Crippen LogP contribution is -2.54. The maximum atomic E-state index is 12.8. The van der Waals surface area contributed by atoms with Crippen LogP contribution in [0.3, 0.4) is 0 Å². The molecule has 0 N–H and O–H groups in total. The van der Waals surface area contributed by atoms with Crippen LogP contribution in [0.4, 0.5) is 0 Å². The first kappa shape index (κ1) is 13.8. The van der Waals surface area contributed by atoms with E-state index in [0.717, 1.165) is 11.3 Å². The van der Waals surface area contributed by atoms with Crippen LogP contribution in [0.5, 0.6) is 5.88 Å². The van der Waals surface area contributed by atoms with Crippen LogP contribution < -0.4 is 4.74 Å². The van der Waals surface area contributed by atoms with Gasteiger partial charge in [0, 0.05) is 24.1 Å². The van der Waals surface area contributed by atoms with E-state index in [9.17, 15) is 9.59 Å². The van der Waals surface area contributed by atoms with Gasteiger partial charge < -0.3 is 9.47 Å². The predicted octanol–water partition coefficient (Wildman–Crippen LogP) is 1.59. The molecule has 1 fully saturated rings. The molecule has 2 atom stereocenters. The Morgan fingerprint density at radius 3 is 2.81 bits per heavy atom. The molecule has 1 heterocycles. The summed E-state index contributed by atoms with van der Waals surface area (Å²) in [6, 6.07) is 3.43. The van der Waals surface area contributed by atoms with Crippen LogP contribution >= 0.6 is 0 Å². The van der Waals surface area contributed by atoms with Crippen molar-refractivity contribution in [3.8, 4) is 5.88 Å². The molecule has 5 nitrogen and oxygen atoms in total. The Labute approximate surface area is 123 Å². The molecule has 0 spiro atoms. The first-order valence-corrected chi connectivity index (χ1v) is 6.86. The summed E-state index contributed by atoms with van der Waals surface area (Å²) in [5, 5.41) is 0. The highest BCUT2D eigenvalue weighted by molar-refractivity contribution is 6.13. The second-order valence-corrected chi connectivity index (χ2v) is 5.64. The van der Waals surface area contributed by atoms with E-state index in [1.807, 2.05) is 0 Å². The van der Waals surface area contributed by atoms with Gasteiger partial charge in [-0.15, -0.1) is 0 Å². The molecule has 21 heavy (non-hydrogen) atoms. The second kappa shape index (κ2) is 4.69. The summed E-state index contributed by atoms with van der Waals surface area (Å²) in [6.07, 6.45) is 1.43. The molecule has 2 bridgehead atoms. The molecule has 0 aromatic carbocycles. The number of rotatable bonds is 2. The summed E-state index contributed by atoms with van der Waals surface area (Å²) in [6.45, 7) is 3.99. The number of ketones is 1. The average Bonchev–Trinajstić information content (AvgIpc) is 2.48. The number of hydrogen-bond acceptors (Lipinski definition) is 5. The summed E-state index contributed by atoms with van der Waals surface area (Å²) in [7, 11) is 2.85. The lowest BCUT2D eigenvalue weighted by atomic mass is 9.58. The summed E-state index contributed by atoms with van der Waals surface area (Å²) in [4.78, 5) is 29.6. The van der Waals surface area contributed by atoms with E-state index in [-0.39, 0.29) is 11.7 Å². The molecule has 110 valence electrons. The minimum absolute atomic E-state index is 0.0683. The zero-order valence-electron chi connectivity index (χ0n) is 12.1. The molecule has 1 saturated carbocycles. The van der Waals surface area contributed by atoms with Crippen molar-refractivity contribution in [3.05, 3.63) is 35.5 Å². The van der Waals surface area contributed by atoms with E-state index in [0.29, 0.717) is 30.7 Å². The largest absolute Gasteiger partial charge is 0.481 e. The number of Topliss-reactive ketones (excluding diaryl/α,β-unsaturated/α-hetero) is 1. The number of pyridine rings is 1. The zero-order chi connectivity index (χ0) is 15.2. The van der Waals surface area contributed by atoms with Crippen LogP contribution in [0.2, 0.25) is 0 Å². The van der Waals surface area contributed by atoms with E-state index in [1.165, 1.54) is 7.11 Å². The molecule has 0 saturated heterocycles. The SMILES string of the molecule is C=C1CC2Cc3nc(OC)ccc3[C@@](C(=O)OC)(C1)C2=O. The number of hydrogen-bond donors (Lipinski definition) is 0. The number of aromatic nitrogens is 1. The monoisotopic (exact) mass is 287 g/mol. The average molecular weight is 287 g/mol.